The highest BCUT2D eigenvalue weighted by molar-refractivity contribution is 5.63. The van der Waals surface area contributed by atoms with E-state index in [1.807, 2.05) is 6.07 Å². The summed E-state index contributed by atoms with van der Waals surface area (Å²) in [4.78, 5) is 4.26. The molecule has 0 aliphatic heterocycles. The maximum Gasteiger partial charge on any atom is 0.145 e. The Hall–Kier alpha value is -2.46. The summed E-state index contributed by atoms with van der Waals surface area (Å²) in [5.41, 5.74) is 3.61. The number of benzene rings is 2. The average molecular weight is 278 g/mol. The number of aromatic amines is 1. The van der Waals surface area contributed by atoms with E-state index in [9.17, 15) is 0 Å². The van der Waals surface area contributed by atoms with Gasteiger partial charge < -0.3 is 5.32 Å². The van der Waals surface area contributed by atoms with Gasteiger partial charge in [-0.3, -0.25) is 5.10 Å². The molecule has 1 unspecified atom stereocenters. The van der Waals surface area contributed by atoms with Crippen LogP contribution in [-0.4, -0.2) is 21.7 Å². The monoisotopic (exact) mass is 278 g/mol. The number of H-pyrrole nitrogens is 1. The summed E-state index contributed by atoms with van der Waals surface area (Å²) >= 11 is 0. The fourth-order valence-electron chi connectivity index (χ4n) is 2.43. The van der Waals surface area contributed by atoms with Gasteiger partial charge in [-0.05, 0) is 23.2 Å². The number of nitrogens with zero attached hydrogens (tertiary/aromatic N) is 2. The molecule has 21 heavy (non-hydrogen) atoms. The highest BCUT2D eigenvalue weighted by Crippen LogP contribution is 2.23. The molecule has 0 bridgehead atoms. The minimum atomic E-state index is 0.0438. The largest absolute Gasteiger partial charge is 0.304 e. The van der Waals surface area contributed by atoms with Crippen LogP contribution in [0, 0.1) is 0 Å². The van der Waals surface area contributed by atoms with Gasteiger partial charge >= 0.3 is 0 Å². The predicted molar refractivity (Wildman–Crippen MR) is 83.8 cm³/mol. The van der Waals surface area contributed by atoms with Gasteiger partial charge in [-0.2, -0.15) is 5.10 Å². The van der Waals surface area contributed by atoms with Crippen molar-refractivity contribution in [3.63, 3.8) is 0 Å². The molecule has 0 amide bonds. The van der Waals surface area contributed by atoms with Crippen molar-refractivity contribution in [2.24, 2.45) is 0 Å². The van der Waals surface area contributed by atoms with Crippen LogP contribution in [0.15, 0.2) is 60.9 Å². The van der Waals surface area contributed by atoms with Gasteiger partial charge in [-0.15, -0.1) is 0 Å². The van der Waals surface area contributed by atoms with E-state index in [4.69, 9.17) is 0 Å². The van der Waals surface area contributed by atoms with Crippen molar-refractivity contribution in [2.45, 2.75) is 13.0 Å². The molecule has 4 nitrogen and oxygen atoms in total. The Bertz CT molecular complexity index is 660. The first-order valence-corrected chi connectivity index (χ1v) is 7.12. The summed E-state index contributed by atoms with van der Waals surface area (Å²) < 4.78 is 0. The highest BCUT2D eigenvalue weighted by atomic mass is 15.2. The minimum Gasteiger partial charge on any atom is -0.304 e. The second-order valence-electron chi connectivity index (χ2n) is 4.85. The molecule has 2 aromatic carbocycles. The van der Waals surface area contributed by atoms with Crippen molar-refractivity contribution in [3.8, 4) is 11.1 Å². The second-order valence-corrected chi connectivity index (χ2v) is 4.85. The van der Waals surface area contributed by atoms with E-state index < -0.39 is 0 Å². The van der Waals surface area contributed by atoms with Crippen LogP contribution in [-0.2, 0) is 0 Å². The smallest absolute Gasteiger partial charge is 0.145 e. The lowest BCUT2D eigenvalue weighted by atomic mass is 10.0. The summed E-state index contributed by atoms with van der Waals surface area (Å²) in [6.45, 7) is 2.95. The standard InChI is InChI=1S/C17H18N4/c1-2-18-16(17-19-12-20-21-17)15-10-8-14(9-11-15)13-6-4-3-5-7-13/h3-12,16,18H,2H2,1H3,(H,19,20,21). The first-order valence-electron chi connectivity index (χ1n) is 7.12. The summed E-state index contributed by atoms with van der Waals surface area (Å²) in [5.74, 6) is 0.837. The lowest BCUT2D eigenvalue weighted by molar-refractivity contribution is 0.600. The van der Waals surface area contributed by atoms with Crippen LogP contribution >= 0.6 is 0 Å². The molecule has 0 aliphatic carbocycles. The highest BCUT2D eigenvalue weighted by Gasteiger charge is 2.15. The average Bonchev–Trinajstić information content (AvgIpc) is 3.08. The molecule has 2 N–H and O–H groups in total. The van der Waals surface area contributed by atoms with Gasteiger partial charge in [0.15, 0.2) is 0 Å². The predicted octanol–water partition coefficient (Wildman–Crippen LogP) is 3.17. The van der Waals surface area contributed by atoms with Crippen LogP contribution in [0.1, 0.15) is 24.4 Å². The first-order chi connectivity index (χ1) is 10.4. The van der Waals surface area contributed by atoms with E-state index in [0.29, 0.717) is 0 Å². The summed E-state index contributed by atoms with van der Waals surface area (Å²) in [6.07, 6.45) is 1.54. The van der Waals surface area contributed by atoms with Crippen LogP contribution < -0.4 is 5.32 Å². The molecule has 4 heteroatoms. The summed E-state index contributed by atoms with van der Waals surface area (Å²) in [5, 5.41) is 10.3. The van der Waals surface area contributed by atoms with Crippen LogP contribution in [0.4, 0.5) is 0 Å². The number of aromatic nitrogens is 3. The number of hydrogen-bond donors (Lipinski definition) is 2. The van der Waals surface area contributed by atoms with E-state index in [0.717, 1.165) is 12.4 Å². The van der Waals surface area contributed by atoms with Gasteiger partial charge in [0.1, 0.15) is 12.2 Å². The molecule has 0 saturated carbocycles. The SMILES string of the molecule is CCNC(c1ccc(-c2ccccc2)cc1)c1ncn[nH]1. The summed E-state index contributed by atoms with van der Waals surface area (Å²) in [6, 6.07) is 19.0. The number of hydrogen-bond acceptors (Lipinski definition) is 3. The maximum absolute atomic E-state index is 4.26. The van der Waals surface area contributed by atoms with Gasteiger partial charge in [0.25, 0.3) is 0 Å². The van der Waals surface area contributed by atoms with E-state index >= 15 is 0 Å². The van der Waals surface area contributed by atoms with Crippen molar-refractivity contribution in [1.82, 2.24) is 20.5 Å². The van der Waals surface area contributed by atoms with Gasteiger partial charge in [-0.1, -0.05) is 61.5 Å². The Morgan fingerprint density at radius 2 is 1.71 bits per heavy atom. The van der Waals surface area contributed by atoms with Crippen molar-refractivity contribution >= 4 is 0 Å². The number of rotatable bonds is 5. The van der Waals surface area contributed by atoms with E-state index in [1.54, 1.807) is 0 Å². The zero-order chi connectivity index (χ0) is 14.5. The third-order valence-corrected chi connectivity index (χ3v) is 3.47. The normalized spacial score (nSPS) is 12.2. The molecular formula is C17H18N4. The molecule has 3 rings (SSSR count). The summed E-state index contributed by atoms with van der Waals surface area (Å²) in [7, 11) is 0. The Morgan fingerprint density at radius 3 is 2.33 bits per heavy atom. The van der Waals surface area contributed by atoms with Crippen LogP contribution in [0.3, 0.4) is 0 Å². The van der Waals surface area contributed by atoms with Crippen LogP contribution in [0.5, 0.6) is 0 Å². The van der Waals surface area contributed by atoms with Gasteiger partial charge in [-0.25, -0.2) is 4.98 Å². The molecule has 0 radical (unpaired) electrons. The van der Waals surface area contributed by atoms with Gasteiger partial charge in [0.05, 0.1) is 6.04 Å². The lowest BCUT2D eigenvalue weighted by Gasteiger charge is -2.16. The fourth-order valence-corrected chi connectivity index (χ4v) is 2.43. The molecule has 0 spiro atoms. The Balaban J connectivity index is 1.89. The first kappa shape index (κ1) is 13.5. The maximum atomic E-state index is 4.26. The van der Waals surface area contributed by atoms with Crippen molar-refractivity contribution < 1.29 is 0 Å². The van der Waals surface area contributed by atoms with Crippen molar-refractivity contribution in [2.75, 3.05) is 6.54 Å². The molecule has 1 heterocycles. The third-order valence-electron chi connectivity index (χ3n) is 3.47. The van der Waals surface area contributed by atoms with Crippen LogP contribution in [0.2, 0.25) is 0 Å². The zero-order valence-electron chi connectivity index (χ0n) is 12.0. The quantitative estimate of drug-likeness (QED) is 0.753. The van der Waals surface area contributed by atoms with Crippen molar-refractivity contribution in [1.29, 1.82) is 0 Å². The topological polar surface area (TPSA) is 53.6 Å². The lowest BCUT2D eigenvalue weighted by Crippen LogP contribution is -2.23. The molecule has 0 fully saturated rings. The van der Waals surface area contributed by atoms with Crippen LogP contribution in [0.25, 0.3) is 11.1 Å². The molecular weight excluding hydrogens is 260 g/mol. The molecule has 1 atom stereocenters. The molecule has 1 aromatic heterocycles. The zero-order valence-corrected chi connectivity index (χ0v) is 12.0. The number of nitrogens with one attached hydrogen (secondary N) is 2. The molecule has 106 valence electrons. The Kier molecular flexibility index (Phi) is 4.07. The van der Waals surface area contributed by atoms with E-state index in [-0.39, 0.29) is 6.04 Å². The molecule has 3 aromatic rings. The third kappa shape index (κ3) is 3.01. The Labute approximate surface area is 124 Å². The van der Waals surface area contributed by atoms with Crippen molar-refractivity contribution in [3.05, 3.63) is 72.3 Å². The van der Waals surface area contributed by atoms with E-state index in [2.05, 4.69) is 76.0 Å². The second kappa shape index (κ2) is 6.33. The fraction of sp³-hybridized carbons (Fsp3) is 0.176. The Morgan fingerprint density at radius 1 is 1.00 bits per heavy atom. The molecule has 0 saturated heterocycles. The van der Waals surface area contributed by atoms with E-state index in [1.165, 1.54) is 23.0 Å². The minimum absolute atomic E-state index is 0.0438. The molecule has 0 aliphatic rings. The van der Waals surface area contributed by atoms with Gasteiger partial charge in [0.2, 0.25) is 0 Å². The van der Waals surface area contributed by atoms with Gasteiger partial charge in [0, 0.05) is 0 Å².